The summed E-state index contributed by atoms with van der Waals surface area (Å²) in [5.41, 5.74) is 1.08. The number of benzene rings is 2. The van der Waals surface area contributed by atoms with Gasteiger partial charge in [-0.15, -0.1) is 0 Å². The van der Waals surface area contributed by atoms with E-state index in [4.69, 9.17) is 4.74 Å². The summed E-state index contributed by atoms with van der Waals surface area (Å²) in [4.78, 5) is 17.3. The highest BCUT2D eigenvalue weighted by molar-refractivity contribution is 5.90. The Bertz CT molecular complexity index is 783. The Morgan fingerprint density at radius 2 is 1.78 bits per heavy atom. The normalized spacial score (nSPS) is 23.8. The predicted octanol–water partition coefficient (Wildman–Crippen LogP) is 1.78. The molecule has 0 aliphatic carbocycles. The second kappa shape index (κ2) is 8.38. The fourth-order valence-electron chi connectivity index (χ4n) is 4.39. The first-order chi connectivity index (χ1) is 13.2. The highest BCUT2D eigenvalue weighted by Crippen LogP contribution is 2.26. The third-order valence-corrected chi connectivity index (χ3v) is 5.98. The maximum Gasteiger partial charge on any atom is 0.227 e. The molecule has 0 spiro atoms. The van der Waals surface area contributed by atoms with E-state index in [1.807, 2.05) is 29.2 Å². The molecule has 4 rings (SSSR count). The molecule has 2 fully saturated rings. The van der Waals surface area contributed by atoms with Crippen LogP contribution in [0.2, 0.25) is 0 Å². The van der Waals surface area contributed by atoms with Gasteiger partial charge in [-0.3, -0.25) is 9.69 Å². The number of amides is 1. The van der Waals surface area contributed by atoms with Crippen molar-refractivity contribution in [2.45, 2.75) is 6.42 Å². The molecule has 1 N–H and O–H groups in total. The largest absolute Gasteiger partial charge is 0.396 e. The van der Waals surface area contributed by atoms with Crippen molar-refractivity contribution in [3.05, 3.63) is 48.0 Å². The van der Waals surface area contributed by atoms with E-state index in [2.05, 4.69) is 23.1 Å². The highest BCUT2D eigenvalue weighted by Gasteiger charge is 2.35. The van der Waals surface area contributed by atoms with Gasteiger partial charge in [0.05, 0.1) is 19.6 Å². The Morgan fingerprint density at radius 1 is 1.04 bits per heavy atom. The van der Waals surface area contributed by atoms with Crippen molar-refractivity contribution in [2.24, 2.45) is 11.8 Å². The summed E-state index contributed by atoms with van der Waals surface area (Å²) in [6.07, 6.45) is 0.420. The molecule has 2 saturated heterocycles. The third-order valence-electron chi connectivity index (χ3n) is 5.98. The molecule has 0 radical (unpaired) electrons. The molecule has 5 heteroatoms. The number of rotatable bonds is 5. The van der Waals surface area contributed by atoms with Gasteiger partial charge in [-0.1, -0.05) is 42.5 Å². The topological polar surface area (TPSA) is 53.0 Å². The van der Waals surface area contributed by atoms with Gasteiger partial charge in [0.1, 0.15) is 0 Å². The SMILES string of the molecule is O=C(Cc1cccc2ccccc12)N1C[C@@H](CO)[C@@H](CN2CCOCC2)C1. The van der Waals surface area contributed by atoms with Crippen molar-refractivity contribution >= 4 is 16.7 Å². The van der Waals surface area contributed by atoms with Crippen molar-refractivity contribution in [1.82, 2.24) is 9.80 Å². The van der Waals surface area contributed by atoms with Crippen LogP contribution < -0.4 is 0 Å². The van der Waals surface area contributed by atoms with Crippen LogP contribution in [0, 0.1) is 11.8 Å². The number of hydrogen-bond donors (Lipinski definition) is 1. The lowest BCUT2D eigenvalue weighted by atomic mass is 9.96. The highest BCUT2D eigenvalue weighted by atomic mass is 16.5. The van der Waals surface area contributed by atoms with E-state index < -0.39 is 0 Å². The first-order valence-electron chi connectivity index (χ1n) is 9.90. The molecule has 0 unspecified atom stereocenters. The van der Waals surface area contributed by atoms with E-state index >= 15 is 0 Å². The lowest BCUT2D eigenvalue weighted by molar-refractivity contribution is -0.129. The molecule has 0 saturated carbocycles. The molecule has 0 bridgehead atoms. The maximum absolute atomic E-state index is 13.0. The number of hydrogen-bond acceptors (Lipinski definition) is 4. The van der Waals surface area contributed by atoms with Crippen LogP contribution in [0.4, 0.5) is 0 Å². The molecule has 0 aromatic heterocycles. The van der Waals surface area contributed by atoms with Crippen molar-refractivity contribution in [1.29, 1.82) is 0 Å². The number of likely N-dealkylation sites (tertiary alicyclic amines) is 1. The van der Waals surface area contributed by atoms with Gasteiger partial charge < -0.3 is 14.7 Å². The number of ether oxygens (including phenoxy) is 1. The summed E-state index contributed by atoms with van der Waals surface area (Å²) >= 11 is 0. The molecular weight excluding hydrogens is 340 g/mol. The van der Waals surface area contributed by atoms with E-state index in [-0.39, 0.29) is 18.4 Å². The summed E-state index contributed by atoms with van der Waals surface area (Å²) in [5.74, 6) is 0.670. The third kappa shape index (κ3) is 4.15. The number of morpholine rings is 1. The summed E-state index contributed by atoms with van der Waals surface area (Å²) in [6.45, 7) is 5.93. The molecule has 5 nitrogen and oxygen atoms in total. The molecule has 2 heterocycles. The Balaban J connectivity index is 1.42. The summed E-state index contributed by atoms with van der Waals surface area (Å²) < 4.78 is 5.42. The van der Waals surface area contributed by atoms with Gasteiger partial charge in [0, 0.05) is 45.2 Å². The van der Waals surface area contributed by atoms with Crippen LogP contribution in [0.5, 0.6) is 0 Å². The minimum atomic E-state index is 0.146. The van der Waals surface area contributed by atoms with E-state index in [1.54, 1.807) is 0 Å². The predicted molar refractivity (Wildman–Crippen MR) is 106 cm³/mol. The van der Waals surface area contributed by atoms with Crippen LogP contribution in [0.15, 0.2) is 42.5 Å². The Morgan fingerprint density at radius 3 is 2.59 bits per heavy atom. The molecule has 2 aromatic rings. The number of carbonyl (C=O) groups is 1. The van der Waals surface area contributed by atoms with Gasteiger partial charge in [-0.05, 0) is 22.3 Å². The van der Waals surface area contributed by atoms with Gasteiger partial charge in [0.2, 0.25) is 5.91 Å². The summed E-state index contributed by atoms with van der Waals surface area (Å²) in [7, 11) is 0. The van der Waals surface area contributed by atoms with Crippen molar-refractivity contribution in [3.63, 3.8) is 0 Å². The average Bonchev–Trinajstić information content (AvgIpc) is 3.12. The maximum atomic E-state index is 13.0. The fraction of sp³-hybridized carbons (Fsp3) is 0.500. The molecule has 144 valence electrons. The zero-order valence-electron chi connectivity index (χ0n) is 15.7. The molecule has 2 aliphatic rings. The van der Waals surface area contributed by atoms with Crippen LogP contribution in [-0.2, 0) is 16.0 Å². The molecule has 27 heavy (non-hydrogen) atoms. The Labute approximate surface area is 160 Å². The number of nitrogens with zero attached hydrogens (tertiary/aromatic N) is 2. The van der Waals surface area contributed by atoms with Crippen LogP contribution in [0.25, 0.3) is 10.8 Å². The number of fused-ring (bicyclic) bond motifs is 1. The van der Waals surface area contributed by atoms with E-state index in [0.29, 0.717) is 18.9 Å². The van der Waals surface area contributed by atoms with E-state index in [9.17, 15) is 9.90 Å². The minimum Gasteiger partial charge on any atom is -0.396 e. The van der Waals surface area contributed by atoms with Gasteiger partial charge in [-0.2, -0.15) is 0 Å². The first-order valence-corrected chi connectivity index (χ1v) is 9.90. The second-order valence-electron chi connectivity index (χ2n) is 7.73. The van der Waals surface area contributed by atoms with Crippen LogP contribution in [0.3, 0.4) is 0 Å². The molecule has 2 aromatic carbocycles. The summed E-state index contributed by atoms with van der Waals surface area (Å²) in [5, 5.41) is 12.1. The van der Waals surface area contributed by atoms with Gasteiger partial charge in [0.15, 0.2) is 0 Å². The number of carbonyl (C=O) groups excluding carboxylic acids is 1. The number of aliphatic hydroxyl groups excluding tert-OH is 1. The van der Waals surface area contributed by atoms with E-state index in [1.165, 1.54) is 5.39 Å². The molecular formula is C22H28N2O3. The Kier molecular flexibility index (Phi) is 5.72. The van der Waals surface area contributed by atoms with Crippen LogP contribution >= 0.6 is 0 Å². The van der Waals surface area contributed by atoms with E-state index in [0.717, 1.165) is 50.3 Å². The second-order valence-corrected chi connectivity index (χ2v) is 7.73. The van der Waals surface area contributed by atoms with Crippen LogP contribution in [-0.4, -0.2) is 73.4 Å². The zero-order chi connectivity index (χ0) is 18.6. The molecule has 2 atom stereocenters. The van der Waals surface area contributed by atoms with Crippen molar-refractivity contribution < 1.29 is 14.6 Å². The van der Waals surface area contributed by atoms with Gasteiger partial charge in [-0.25, -0.2) is 0 Å². The minimum absolute atomic E-state index is 0.146. The quantitative estimate of drug-likeness (QED) is 0.874. The molecule has 1 amide bonds. The average molecular weight is 368 g/mol. The first kappa shape index (κ1) is 18.4. The zero-order valence-corrected chi connectivity index (χ0v) is 15.7. The molecule has 2 aliphatic heterocycles. The standard InChI is InChI=1S/C22H28N2O3/c25-16-20-15-24(14-19(20)13-23-8-10-27-11-9-23)22(26)12-18-6-3-5-17-4-1-2-7-21(17)18/h1-7,19-20,25H,8-16H2/t19-,20-/m0/s1. The van der Waals surface area contributed by atoms with Gasteiger partial charge >= 0.3 is 0 Å². The number of aliphatic hydroxyl groups is 1. The fourth-order valence-corrected chi connectivity index (χ4v) is 4.39. The van der Waals surface area contributed by atoms with Crippen LogP contribution in [0.1, 0.15) is 5.56 Å². The smallest absolute Gasteiger partial charge is 0.227 e. The monoisotopic (exact) mass is 368 g/mol. The van der Waals surface area contributed by atoms with Crippen molar-refractivity contribution in [3.8, 4) is 0 Å². The van der Waals surface area contributed by atoms with Crippen molar-refractivity contribution in [2.75, 3.05) is 52.5 Å². The van der Waals surface area contributed by atoms with Gasteiger partial charge in [0.25, 0.3) is 0 Å². The summed E-state index contributed by atoms with van der Waals surface area (Å²) in [6, 6.07) is 14.4. The lowest BCUT2D eigenvalue weighted by Gasteiger charge is -2.30. The Hall–Kier alpha value is -1.95. The lowest BCUT2D eigenvalue weighted by Crippen LogP contribution is -2.41.